The van der Waals surface area contributed by atoms with Crippen molar-refractivity contribution in [1.82, 2.24) is 5.32 Å². The van der Waals surface area contributed by atoms with Gasteiger partial charge < -0.3 is 19.5 Å². The lowest BCUT2D eigenvalue weighted by atomic mass is 9.99. The second-order valence-electron chi connectivity index (χ2n) is 6.52. The van der Waals surface area contributed by atoms with Gasteiger partial charge in [-0.25, -0.2) is 0 Å². The molecule has 1 aliphatic rings. The maximum atomic E-state index is 12.5. The van der Waals surface area contributed by atoms with Gasteiger partial charge in [-0.15, -0.1) is 0 Å². The van der Waals surface area contributed by atoms with E-state index in [9.17, 15) is 4.79 Å². The van der Waals surface area contributed by atoms with Crippen LogP contribution in [0.3, 0.4) is 0 Å². The van der Waals surface area contributed by atoms with Gasteiger partial charge in [-0.2, -0.15) is 0 Å². The first-order valence-corrected chi connectivity index (χ1v) is 9.18. The van der Waals surface area contributed by atoms with Crippen LogP contribution in [0.5, 0.6) is 17.2 Å². The van der Waals surface area contributed by atoms with Crippen LogP contribution in [-0.2, 0) is 11.2 Å². The zero-order valence-electron chi connectivity index (χ0n) is 15.3. The quantitative estimate of drug-likeness (QED) is 0.681. The summed E-state index contributed by atoms with van der Waals surface area (Å²) in [4.78, 5) is 12.5. The summed E-state index contributed by atoms with van der Waals surface area (Å²) in [5, 5.41) is 3.08. The first-order chi connectivity index (χ1) is 13.8. The van der Waals surface area contributed by atoms with E-state index in [1.54, 1.807) is 18.2 Å². The van der Waals surface area contributed by atoms with Crippen LogP contribution in [0.25, 0.3) is 0 Å². The molecule has 1 heterocycles. The third-order valence-electron chi connectivity index (χ3n) is 4.53. The van der Waals surface area contributed by atoms with Gasteiger partial charge in [-0.3, -0.25) is 4.79 Å². The normalized spacial score (nSPS) is 13.0. The first-order valence-electron chi connectivity index (χ1n) is 9.18. The molecule has 1 atom stereocenters. The first kappa shape index (κ1) is 17.9. The Bertz CT molecular complexity index is 928. The van der Waals surface area contributed by atoms with E-state index in [4.69, 9.17) is 14.2 Å². The third kappa shape index (κ3) is 4.43. The SMILES string of the molecule is O=C(COc1ccc2c(c1)OCO2)N[C@@H](Cc1ccccc1)c1ccccc1. The van der Waals surface area contributed by atoms with Crippen molar-refractivity contribution < 1.29 is 19.0 Å². The molecule has 5 nitrogen and oxygen atoms in total. The van der Waals surface area contributed by atoms with E-state index >= 15 is 0 Å². The Morgan fingerprint density at radius 3 is 2.43 bits per heavy atom. The molecule has 0 saturated carbocycles. The summed E-state index contributed by atoms with van der Waals surface area (Å²) >= 11 is 0. The van der Waals surface area contributed by atoms with Crippen molar-refractivity contribution >= 4 is 5.91 Å². The molecule has 4 rings (SSSR count). The van der Waals surface area contributed by atoms with Gasteiger partial charge in [0.2, 0.25) is 6.79 Å². The molecule has 0 aliphatic carbocycles. The largest absolute Gasteiger partial charge is 0.484 e. The minimum absolute atomic E-state index is 0.0717. The smallest absolute Gasteiger partial charge is 0.258 e. The molecule has 1 amide bonds. The Labute approximate surface area is 163 Å². The Kier molecular flexibility index (Phi) is 5.43. The van der Waals surface area contributed by atoms with Crippen LogP contribution >= 0.6 is 0 Å². The number of carbonyl (C=O) groups is 1. The molecule has 3 aromatic rings. The van der Waals surface area contributed by atoms with E-state index in [0.717, 1.165) is 11.1 Å². The third-order valence-corrected chi connectivity index (χ3v) is 4.53. The summed E-state index contributed by atoms with van der Waals surface area (Å²) in [6, 6.07) is 25.2. The highest BCUT2D eigenvalue weighted by Gasteiger charge is 2.17. The van der Waals surface area contributed by atoms with Crippen molar-refractivity contribution in [2.24, 2.45) is 0 Å². The maximum Gasteiger partial charge on any atom is 0.258 e. The van der Waals surface area contributed by atoms with Crippen LogP contribution in [0.15, 0.2) is 78.9 Å². The van der Waals surface area contributed by atoms with Gasteiger partial charge in [0.15, 0.2) is 18.1 Å². The molecule has 0 saturated heterocycles. The molecule has 0 radical (unpaired) electrons. The topological polar surface area (TPSA) is 56.8 Å². The van der Waals surface area contributed by atoms with Crippen LogP contribution in [0.4, 0.5) is 0 Å². The molecular formula is C23H21NO4. The number of rotatable bonds is 7. The van der Waals surface area contributed by atoms with Crippen LogP contribution in [-0.4, -0.2) is 19.3 Å². The van der Waals surface area contributed by atoms with Gasteiger partial charge in [0.05, 0.1) is 6.04 Å². The van der Waals surface area contributed by atoms with E-state index in [1.807, 2.05) is 48.5 Å². The Morgan fingerprint density at radius 1 is 0.929 bits per heavy atom. The predicted octanol–water partition coefficient (Wildman–Crippen LogP) is 3.89. The van der Waals surface area contributed by atoms with Crippen molar-refractivity contribution in [2.45, 2.75) is 12.5 Å². The fraction of sp³-hybridized carbons (Fsp3) is 0.174. The van der Waals surface area contributed by atoms with E-state index in [1.165, 1.54) is 0 Å². The Morgan fingerprint density at radius 2 is 1.64 bits per heavy atom. The summed E-state index contributed by atoms with van der Waals surface area (Å²) in [7, 11) is 0. The fourth-order valence-corrected chi connectivity index (χ4v) is 3.14. The van der Waals surface area contributed by atoms with Crippen molar-refractivity contribution in [2.75, 3.05) is 13.4 Å². The molecule has 5 heteroatoms. The zero-order chi connectivity index (χ0) is 19.2. The van der Waals surface area contributed by atoms with Gasteiger partial charge >= 0.3 is 0 Å². The summed E-state index contributed by atoms with van der Waals surface area (Å²) < 4.78 is 16.2. The highest BCUT2D eigenvalue weighted by molar-refractivity contribution is 5.78. The monoisotopic (exact) mass is 375 g/mol. The van der Waals surface area contributed by atoms with Crippen molar-refractivity contribution in [3.8, 4) is 17.2 Å². The number of carbonyl (C=O) groups excluding carboxylic acids is 1. The number of hydrogen-bond acceptors (Lipinski definition) is 4. The predicted molar refractivity (Wildman–Crippen MR) is 106 cm³/mol. The zero-order valence-corrected chi connectivity index (χ0v) is 15.3. The number of benzene rings is 3. The minimum atomic E-state index is -0.178. The van der Waals surface area contributed by atoms with Crippen LogP contribution < -0.4 is 19.5 Å². The molecule has 0 unspecified atom stereocenters. The number of ether oxygens (including phenoxy) is 3. The van der Waals surface area contributed by atoms with Crippen LogP contribution in [0, 0.1) is 0 Å². The van der Waals surface area contributed by atoms with E-state index in [0.29, 0.717) is 23.7 Å². The maximum absolute atomic E-state index is 12.5. The van der Waals surface area contributed by atoms with Crippen LogP contribution in [0.1, 0.15) is 17.2 Å². The van der Waals surface area contributed by atoms with Gasteiger partial charge in [0, 0.05) is 6.07 Å². The van der Waals surface area contributed by atoms with Crippen LogP contribution in [0.2, 0.25) is 0 Å². The summed E-state index contributed by atoms with van der Waals surface area (Å²) in [6.07, 6.45) is 0.709. The summed E-state index contributed by atoms with van der Waals surface area (Å²) in [6.45, 7) is 0.134. The van der Waals surface area contributed by atoms with Crippen molar-refractivity contribution in [3.63, 3.8) is 0 Å². The Balaban J connectivity index is 1.40. The average molecular weight is 375 g/mol. The lowest BCUT2D eigenvalue weighted by molar-refractivity contribution is -0.123. The van der Waals surface area contributed by atoms with Crippen molar-refractivity contribution in [1.29, 1.82) is 0 Å². The van der Waals surface area contributed by atoms with Crippen molar-refractivity contribution in [3.05, 3.63) is 90.0 Å². The number of amides is 1. The molecule has 142 valence electrons. The standard InChI is InChI=1S/C23H21NO4/c25-23(15-26-19-11-12-21-22(14-19)28-16-27-21)24-20(18-9-5-2-6-10-18)13-17-7-3-1-4-8-17/h1-12,14,20H,13,15-16H2,(H,24,25)/t20-/m0/s1. The van der Waals surface area contributed by atoms with Gasteiger partial charge in [-0.05, 0) is 29.7 Å². The summed E-state index contributed by atoms with van der Waals surface area (Å²) in [5.74, 6) is 1.70. The van der Waals surface area contributed by atoms with Gasteiger partial charge in [0.25, 0.3) is 5.91 Å². The molecule has 1 N–H and O–H groups in total. The molecule has 28 heavy (non-hydrogen) atoms. The molecule has 3 aromatic carbocycles. The lowest BCUT2D eigenvalue weighted by Crippen LogP contribution is -2.33. The van der Waals surface area contributed by atoms with Gasteiger partial charge in [-0.1, -0.05) is 60.7 Å². The number of fused-ring (bicyclic) bond motifs is 1. The molecule has 0 aromatic heterocycles. The van der Waals surface area contributed by atoms with E-state index in [-0.39, 0.29) is 25.3 Å². The second kappa shape index (κ2) is 8.48. The van der Waals surface area contributed by atoms with E-state index < -0.39 is 0 Å². The average Bonchev–Trinajstić information content (AvgIpc) is 3.21. The highest BCUT2D eigenvalue weighted by Crippen LogP contribution is 2.35. The second-order valence-corrected chi connectivity index (χ2v) is 6.52. The number of nitrogens with one attached hydrogen (secondary N) is 1. The molecule has 0 bridgehead atoms. The fourth-order valence-electron chi connectivity index (χ4n) is 3.14. The highest BCUT2D eigenvalue weighted by atomic mass is 16.7. The Hall–Kier alpha value is -3.47. The van der Waals surface area contributed by atoms with Gasteiger partial charge in [0.1, 0.15) is 5.75 Å². The lowest BCUT2D eigenvalue weighted by Gasteiger charge is -2.20. The molecule has 1 aliphatic heterocycles. The van der Waals surface area contributed by atoms with E-state index in [2.05, 4.69) is 17.4 Å². The molecular weight excluding hydrogens is 354 g/mol. The minimum Gasteiger partial charge on any atom is -0.484 e. The molecule has 0 spiro atoms. The molecule has 0 fully saturated rings. The summed E-state index contributed by atoms with van der Waals surface area (Å²) in [5.41, 5.74) is 2.22. The number of hydrogen-bond donors (Lipinski definition) is 1.